The van der Waals surface area contributed by atoms with E-state index in [2.05, 4.69) is 25.9 Å². The Morgan fingerprint density at radius 3 is 2.40 bits per heavy atom. The number of amides is 1. The molecule has 0 fully saturated rings. The first-order valence-electron chi connectivity index (χ1n) is 9.89. The minimum atomic E-state index is -0.0470. The molecule has 3 rings (SSSR count). The SMILES string of the molecule is CN=C(NCc1ccc(NC(=O)C(C)C)cc1)NCc1coc(-c2ccccc2)n1. The first-order chi connectivity index (χ1) is 14.5. The van der Waals surface area contributed by atoms with Crippen molar-refractivity contribution in [2.75, 3.05) is 12.4 Å². The fourth-order valence-corrected chi connectivity index (χ4v) is 2.67. The molecule has 1 heterocycles. The Labute approximate surface area is 176 Å². The molecule has 3 aromatic rings. The number of nitrogens with one attached hydrogen (secondary N) is 3. The lowest BCUT2D eigenvalue weighted by atomic mass is 10.1. The molecule has 0 radical (unpaired) electrons. The number of rotatable bonds is 7. The first kappa shape index (κ1) is 21.1. The van der Waals surface area contributed by atoms with Crippen molar-refractivity contribution in [3.63, 3.8) is 0 Å². The van der Waals surface area contributed by atoms with Gasteiger partial charge in [0, 0.05) is 30.8 Å². The molecule has 2 aromatic carbocycles. The molecule has 3 N–H and O–H groups in total. The van der Waals surface area contributed by atoms with Crippen molar-refractivity contribution in [1.82, 2.24) is 15.6 Å². The molecule has 0 bridgehead atoms. The highest BCUT2D eigenvalue weighted by Crippen LogP contribution is 2.17. The van der Waals surface area contributed by atoms with E-state index in [0.717, 1.165) is 22.5 Å². The Morgan fingerprint density at radius 1 is 1.03 bits per heavy atom. The van der Waals surface area contributed by atoms with Crippen LogP contribution in [-0.4, -0.2) is 23.9 Å². The van der Waals surface area contributed by atoms with Crippen molar-refractivity contribution < 1.29 is 9.21 Å². The van der Waals surface area contributed by atoms with Crippen LogP contribution in [0.5, 0.6) is 0 Å². The molecule has 0 saturated heterocycles. The summed E-state index contributed by atoms with van der Waals surface area (Å²) < 4.78 is 5.56. The monoisotopic (exact) mass is 405 g/mol. The largest absolute Gasteiger partial charge is 0.444 e. The summed E-state index contributed by atoms with van der Waals surface area (Å²) >= 11 is 0. The second-order valence-electron chi connectivity index (χ2n) is 7.13. The lowest BCUT2D eigenvalue weighted by Gasteiger charge is -2.12. The van der Waals surface area contributed by atoms with Crippen LogP contribution < -0.4 is 16.0 Å². The predicted molar refractivity (Wildman–Crippen MR) is 119 cm³/mol. The topological polar surface area (TPSA) is 91.5 Å². The summed E-state index contributed by atoms with van der Waals surface area (Å²) in [5.74, 6) is 1.22. The van der Waals surface area contributed by atoms with Gasteiger partial charge in [-0.1, -0.05) is 44.2 Å². The zero-order valence-electron chi connectivity index (χ0n) is 17.5. The summed E-state index contributed by atoms with van der Waals surface area (Å²) in [6.07, 6.45) is 1.65. The van der Waals surface area contributed by atoms with Crippen molar-refractivity contribution in [3.8, 4) is 11.5 Å². The standard InChI is InChI=1S/C23H27N5O2/c1-16(2)21(29)27-19-11-9-17(10-12-19)13-25-23(24-3)26-14-20-15-30-22(28-20)18-7-5-4-6-8-18/h4-12,15-16H,13-14H2,1-3H3,(H,27,29)(H2,24,25,26). The molecule has 30 heavy (non-hydrogen) atoms. The molecule has 1 aromatic heterocycles. The maximum Gasteiger partial charge on any atom is 0.226 e. The minimum absolute atomic E-state index is 0.00811. The van der Waals surface area contributed by atoms with E-state index in [4.69, 9.17) is 4.42 Å². The number of aliphatic imine (C=N–C) groups is 1. The molecule has 0 saturated carbocycles. The number of hydrogen-bond acceptors (Lipinski definition) is 4. The molecule has 0 aliphatic heterocycles. The molecule has 156 valence electrons. The van der Waals surface area contributed by atoms with Crippen LogP contribution in [0.2, 0.25) is 0 Å². The summed E-state index contributed by atoms with van der Waals surface area (Å²) in [6.45, 7) is 4.84. The number of hydrogen-bond donors (Lipinski definition) is 3. The number of anilines is 1. The van der Waals surface area contributed by atoms with E-state index in [1.165, 1.54) is 0 Å². The molecule has 0 unspecified atom stereocenters. The average molecular weight is 406 g/mol. The van der Waals surface area contributed by atoms with Gasteiger partial charge in [-0.25, -0.2) is 4.98 Å². The van der Waals surface area contributed by atoms with E-state index >= 15 is 0 Å². The molecule has 0 atom stereocenters. The molecular formula is C23H27N5O2. The Hall–Kier alpha value is -3.61. The first-order valence-corrected chi connectivity index (χ1v) is 9.89. The number of carbonyl (C=O) groups excluding carboxylic acids is 1. The number of nitrogens with zero attached hydrogens (tertiary/aromatic N) is 2. The highest BCUT2D eigenvalue weighted by molar-refractivity contribution is 5.92. The van der Waals surface area contributed by atoms with E-state index in [1.807, 2.05) is 68.4 Å². The molecule has 1 amide bonds. The highest BCUT2D eigenvalue weighted by atomic mass is 16.3. The molecule has 0 aliphatic carbocycles. The van der Waals surface area contributed by atoms with Crippen LogP contribution in [0.25, 0.3) is 11.5 Å². The molecular weight excluding hydrogens is 378 g/mol. The lowest BCUT2D eigenvalue weighted by molar-refractivity contribution is -0.118. The van der Waals surface area contributed by atoms with E-state index < -0.39 is 0 Å². The Morgan fingerprint density at radius 2 is 1.73 bits per heavy atom. The smallest absolute Gasteiger partial charge is 0.226 e. The van der Waals surface area contributed by atoms with E-state index in [9.17, 15) is 4.79 Å². The second kappa shape index (κ2) is 10.2. The van der Waals surface area contributed by atoms with Gasteiger partial charge in [-0.05, 0) is 29.8 Å². The number of oxazole rings is 1. The van der Waals surface area contributed by atoms with Gasteiger partial charge in [0.15, 0.2) is 5.96 Å². The van der Waals surface area contributed by atoms with Crippen molar-refractivity contribution in [2.24, 2.45) is 10.9 Å². The second-order valence-corrected chi connectivity index (χ2v) is 7.13. The van der Waals surface area contributed by atoms with Gasteiger partial charge in [-0.15, -0.1) is 0 Å². The lowest BCUT2D eigenvalue weighted by Crippen LogP contribution is -2.36. The zero-order valence-corrected chi connectivity index (χ0v) is 17.5. The number of guanidine groups is 1. The van der Waals surface area contributed by atoms with E-state index in [-0.39, 0.29) is 11.8 Å². The van der Waals surface area contributed by atoms with Crippen LogP contribution in [-0.2, 0) is 17.9 Å². The highest BCUT2D eigenvalue weighted by Gasteiger charge is 2.08. The van der Waals surface area contributed by atoms with Gasteiger partial charge in [0.2, 0.25) is 11.8 Å². The quantitative estimate of drug-likeness (QED) is 0.411. The summed E-state index contributed by atoms with van der Waals surface area (Å²) in [5.41, 5.74) is 3.61. The third-order valence-corrected chi connectivity index (χ3v) is 4.44. The van der Waals surface area contributed by atoms with Crippen LogP contribution in [0, 0.1) is 5.92 Å². The van der Waals surface area contributed by atoms with Crippen molar-refractivity contribution in [1.29, 1.82) is 0 Å². The molecule has 7 heteroatoms. The molecule has 0 spiro atoms. The minimum Gasteiger partial charge on any atom is -0.444 e. The average Bonchev–Trinajstić information content (AvgIpc) is 3.24. The van der Waals surface area contributed by atoms with Gasteiger partial charge < -0.3 is 20.4 Å². The maximum atomic E-state index is 11.8. The summed E-state index contributed by atoms with van der Waals surface area (Å²) in [5, 5.41) is 9.38. The van der Waals surface area contributed by atoms with Gasteiger partial charge in [0.05, 0.1) is 12.2 Å². The van der Waals surface area contributed by atoms with Gasteiger partial charge in [-0.3, -0.25) is 9.79 Å². The van der Waals surface area contributed by atoms with Crippen LogP contribution in [0.3, 0.4) is 0 Å². The van der Waals surface area contributed by atoms with Gasteiger partial charge in [0.25, 0.3) is 0 Å². The van der Waals surface area contributed by atoms with Gasteiger partial charge >= 0.3 is 0 Å². The van der Waals surface area contributed by atoms with E-state index in [1.54, 1.807) is 13.3 Å². The fourth-order valence-electron chi connectivity index (χ4n) is 2.67. The number of benzene rings is 2. The Bertz CT molecular complexity index is 978. The Kier molecular flexibility index (Phi) is 7.21. The third-order valence-electron chi connectivity index (χ3n) is 4.44. The van der Waals surface area contributed by atoms with Crippen LogP contribution in [0.4, 0.5) is 5.69 Å². The normalized spacial score (nSPS) is 11.4. The number of carbonyl (C=O) groups is 1. The molecule has 7 nitrogen and oxygen atoms in total. The van der Waals surface area contributed by atoms with Gasteiger partial charge in [0.1, 0.15) is 6.26 Å². The third kappa shape index (κ3) is 5.94. The van der Waals surface area contributed by atoms with Crippen molar-refractivity contribution in [3.05, 3.63) is 72.1 Å². The summed E-state index contributed by atoms with van der Waals surface area (Å²) in [6, 6.07) is 17.5. The van der Waals surface area contributed by atoms with E-state index in [0.29, 0.717) is 24.9 Å². The molecule has 0 aliphatic rings. The summed E-state index contributed by atoms with van der Waals surface area (Å²) in [7, 11) is 1.72. The fraction of sp³-hybridized carbons (Fsp3) is 0.261. The summed E-state index contributed by atoms with van der Waals surface area (Å²) in [4.78, 5) is 20.5. The van der Waals surface area contributed by atoms with Crippen molar-refractivity contribution in [2.45, 2.75) is 26.9 Å². The van der Waals surface area contributed by atoms with Crippen LogP contribution in [0.15, 0.2) is 70.3 Å². The number of aromatic nitrogens is 1. The predicted octanol–water partition coefficient (Wildman–Crippen LogP) is 3.80. The van der Waals surface area contributed by atoms with Crippen molar-refractivity contribution >= 4 is 17.6 Å². The van der Waals surface area contributed by atoms with Crippen LogP contribution in [0.1, 0.15) is 25.1 Å². The van der Waals surface area contributed by atoms with Crippen LogP contribution >= 0.6 is 0 Å². The van der Waals surface area contributed by atoms with Gasteiger partial charge in [-0.2, -0.15) is 0 Å². The maximum absolute atomic E-state index is 11.8. The Balaban J connectivity index is 1.48. The zero-order chi connectivity index (χ0) is 21.3.